The molecule has 0 aliphatic carbocycles. The number of hydrogen-bond donors (Lipinski definition) is 0. The van der Waals surface area contributed by atoms with Gasteiger partial charge in [-0.25, -0.2) is 8.42 Å². The number of benzene rings is 1. The van der Waals surface area contributed by atoms with Crippen LogP contribution < -0.4 is 0 Å². The van der Waals surface area contributed by atoms with Gasteiger partial charge in [-0.05, 0) is 44.6 Å². The highest BCUT2D eigenvalue weighted by atomic mass is 32.2. The lowest BCUT2D eigenvalue weighted by atomic mass is 9.75. The first kappa shape index (κ1) is 11.2. The van der Waals surface area contributed by atoms with E-state index in [-0.39, 0.29) is 5.41 Å². The van der Waals surface area contributed by atoms with Crippen molar-refractivity contribution < 1.29 is 8.42 Å². The molecule has 3 rings (SSSR count). The third kappa shape index (κ3) is 1.62. The predicted octanol–water partition coefficient (Wildman–Crippen LogP) is 1.44. The van der Waals surface area contributed by atoms with E-state index in [1.165, 1.54) is 0 Å². The molecule has 4 heteroatoms. The van der Waals surface area contributed by atoms with Gasteiger partial charge >= 0.3 is 0 Å². The molecule has 1 fully saturated rings. The van der Waals surface area contributed by atoms with Crippen LogP contribution in [0, 0.1) is 0 Å². The zero-order valence-electron chi connectivity index (χ0n) is 10.0. The van der Waals surface area contributed by atoms with Crippen molar-refractivity contribution in [3.8, 4) is 0 Å². The number of sulfone groups is 1. The van der Waals surface area contributed by atoms with Crippen LogP contribution in [0.3, 0.4) is 0 Å². The summed E-state index contributed by atoms with van der Waals surface area (Å²) in [5, 5.41) is 0. The second kappa shape index (κ2) is 3.56. The quantitative estimate of drug-likeness (QED) is 0.700. The molecule has 0 atom stereocenters. The van der Waals surface area contributed by atoms with Gasteiger partial charge in [0.2, 0.25) is 0 Å². The highest BCUT2D eigenvalue weighted by Gasteiger charge is 2.47. The zero-order chi connectivity index (χ0) is 12.1. The lowest BCUT2D eigenvalue weighted by Gasteiger charge is -2.37. The third-order valence-corrected chi connectivity index (χ3v) is 6.16. The fourth-order valence-electron chi connectivity index (χ4n) is 3.16. The number of hydrogen-bond acceptors (Lipinski definition) is 3. The highest BCUT2D eigenvalue weighted by molar-refractivity contribution is 7.91. The Labute approximate surface area is 102 Å². The number of rotatable bonds is 0. The Morgan fingerprint density at radius 3 is 2.53 bits per heavy atom. The van der Waals surface area contributed by atoms with Crippen LogP contribution in [0.1, 0.15) is 18.4 Å². The molecule has 1 saturated heterocycles. The van der Waals surface area contributed by atoms with Crippen LogP contribution in [-0.4, -0.2) is 39.2 Å². The lowest BCUT2D eigenvalue weighted by molar-refractivity contribution is 0.203. The van der Waals surface area contributed by atoms with Crippen LogP contribution in [0.5, 0.6) is 0 Å². The molecule has 3 nitrogen and oxygen atoms in total. The van der Waals surface area contributed by atoms with E-state index in [1.54, 1.807) is 6.07 Å². The van der Waals surface area contributed by atoms with Gasteiger partial charge in [0.15, 0.2) is 9.84 Å². The average molecular weight is 251 g/mol. The summed E-state index contributed by atoms with van der Waals surface area (Å²) in [5.74, 6) is 0.313. The average Bonchev–Trinajstić information content (AvgIpc) is 2.53. The summed E-state index contributed by atoms with van der Waals surface area (Å²) in [4.78, 5) is 2.85. The summed E-state index contributed by atoms with van der Waals surface area (Å²) in [7, 11) is -0.950. The summed E-state index contributed by atoms with van der Waals surface area (Å²) in [6.07, 6.45) is 1.92. The fraction of sp³-hybridized carbons (Fsp3) is 0.538. The Morgan fingerprint density at radius 2 is 1.82 bits per heavy atom. The van der Waals surface area contributed by atoms with Gasteiger partial charge < -0.3 is 4.90 Å². The number of piperidine rings is 1. The maximum absolute atomic E-state index is 12.2. The minimum atomic E-state index is -3.05. The van der Waals surface area contributed by atoms with Crippen LogP contribution in [0.4, 0.5) is 0 Å². The van der Waals surface area contributed by atoms with Crippen molar-refractivity contribution in [2.45, 2.75) is 23.2 Å². The summed E-state index contributed by atoms with van der Waals surface area (Å²) in [6.45, 7) is 1.98. The van der Waals surface area contributed by atoms with E-state index in [0.29, 0.717) is 10.6 Å². The molecule has 2 heterocycles. The van der Waals surface area contributed by atoms with E-state index >= 15 is 0 Å². The van der Waals surface area contributed by atoms with Crippen molar-refractivity contribution in [2.75, 3.05) is 25.9 Å². The molecule has 0 bridgehead atoms. The van der Waals surface area contributed by atoms with Gasteiger partial charge in [-0.2, -0.15) is 0 Å². The van der Waals surface area contributed by atoms with Gasteiger partial charge in [0.25, 0.3) is 0 Å². The van der Waals surface area contributed by atoms with E-state index in [4.69, 9.17) is 0 Å². The monoisotopic (exact) mass is 251 g/mol. The highest BCUT2D eigenvalue weighted by Crippen LogP contribution is 2.45. The van der Waals surface area contributed by atoms with Crippen molar-refractivity contribution in [2.24, 2.45) is 0 Å². The van der Waals surface area contributed by atoms with Gasteiger partial charge in [0.1, 0.15) is 0 Å². The summed E-state index contributed by atoms with van der Waals surface area (Å²) in [6, 6.07) is 7.55. The van der Waals surface area contributed by atoms with Crippen LogP contribution >= 0.6 is 0 Å². The first-order valence-electron chi connectivity index (χ1n) is 6.04. The van der Waals surface area contributed by atoms with Gasteiger partial charge in [0.05, 0.1) is 10.6 Å². The molecule has 0 unspecified atom stereocenters. The first-order chi connectivity index (χ1) is 8.04. The second-order valence-electron chi connectivity index (χ2n) is 5.34. The number of nitrogens with zero attached hydrogens (tertiary/aromatic N) is 1. The molecule has 92 valence electrons. The van der Waals surface area contributed by atoms with E-state index < -0.39 is 9.84 Å². The first-order valence-corrected chi connectivity index (χ1v) is 7.70. The molecule has 17 heavy (non-hydrogen) atoms. The van der Waals surface area contributed by atoms with E-state index in [9.17, 15) is 8.42 Å². The molecule has 0 aromatic heterocycles. The van der Waals surface area contributed by atoms with Gasteiger partial charge in [-0.15, -0.1) is 0 Å². The molecule has 1 spiro atoms. The molecule has 0 radical (unpaired) electrons. The molecule has 2 aliphatic rings. The summed E-state index contributed by atoms with van der Waals surface area (Å²) >= 11 is 0. The summed E-state index contributed by atoms with van der Waals surface area (Å²) < 4.78 is 24.4. The van der Waals surface area contributed by atoms with Gasteiger partial charge in [-0.3, -0.25) is 0 Å². The SMILES string of the molecule is CN1CCC2(CC1)CS(=O)(=O)c1ccccc12. The maximum Gasteiger partial charge on any atom is 0.179 e. The lowest BCUT2D eigenvalue weighted by Crippen LogP contribution is -2.41. The predicted molar refractivity (Wildman–Crippen MR) is 66.9 cm³/mol. The van der Waals surface area contributed by atoms with Crippen molar-refractivity contribution in [1.82, 2.24) is 4.90 Å². The Morgan fingerprint density at radius 1 is 1.18 bits per heavy atom. The number of likely N-dealkylation sites (tertiary alicyclic amines) is 1. The smallest absolute Gasteiger partial charge is 0.179 e. The van der Waals surface area contributed by atoms with Crippen LogP contribution in [0.25, 0.3) is 0 Å². The van der Waals surface area contributed by atoms with Crippen molar-refractivity contribution in [3.05, 3.63) is 29.8 Å². The second-order valence-corrected chi connectivity index (χ2v) is 7.30. The molecule has 1 aromatic carbocycles. The maximum atomic E-state index is 12.2. The standard InChI is InChI=1S/C13H17NO2S/c1-14-8-6-13(7-9-14)10-17(15,16)12-5-3-2-4-11(12)13/h2-5H,6-10H2,1H3. The van der Waals surface area contributed by atoms with Gasteiger partial charge in [0, 0.05) is 5.41 Å². The Hall–Kier alpha value is -0.870. The molecule has 0 amide bonds. The van der Waals surface area contributed by atoms with E-state index in [1.807, 2.05) is 18.2 Å². The third-order valence-electron chi connectivity index (χ3n) is 4.20. The minimum absolute atomic E-state index is 0.109. The fourth-order valence-corrected chi connectivity index (χ4v) is 5.39. The molecule has 2 aliphatic heterocycles. The Bertz CT molecular complexity index is 542. The van der Waals surface area contributed by atoms with E-state index in [2.05, 4.69) is 11.9 Å². The zero-order valence-corrected chi connectivity index (χ0v) is 10.8. The van der Waals surface area contributed by atoms with Crippen molar-refractivity contribution in [1.29, 1.82) is 0 Å². The molecular formula is C13H17NO2S. The minimum Gasteiger partial charge on any atom is -0.306 e. The largest absolute Gasteiger partial charge is 0.306 e. The topological polar surface area (TPSA) is 37.4 Å². The van der Waals surface area contributed by atoms with Crippen molar-refractivity contribution >= 4 is 9.84 Å². The van der Waals surface area contributed by atoms with Crippen LogP contribution in [-0.2, 0) is 15.3 Å². The normalized spacial score (nSPS) is 25.9. The molecule has 0 N–H and O–H groups in total. The van der Waals surface area contributed by atoms with Gasteiger partial charge in [-0.1, -0.05) is 18.2 Å². The summed E-state index contributed by atoms with van der Waals surface area (Å²) in [5.41, 5.74) is 0.954. The molecule has 1 aromatic rings. The van der Waals surface area contributed by atoms with E-state index in [0.717, 1.165) is 31.5 Å². The number of fused-ring (bicyclic) bond motifs is 2. The van der Waals surface area contributed by atoms with Crippen molar-refractivity contribution in [3.63, 3.8) is 0 Å². The Kier molecular flexibility index (Phi) is 2.35. The molecular weight excluding hydrogens is 234 g/mol. The van der Waals surface area contributed by atoms with Crippen LogP contribution in [0.2, 0.25) is 0 Å². The Balaban J connectivity index is 2.11. The molecule has 0 saturated carbocycles. The van der Waals surface area contributed by atoms with Crippen LogP contribution in [0.15, 0.2) is 29.2 Å².